The fourth-order valence-corrected chi connectivity index (χ4v) is 10.4. The lowest BCUT2D eigenvalue weighted by atomic mass is 9.55. The number of thioether (sulfide) groups is 3. The van der Waals surface area contributed by atoms with Crippen molar-refractivity contribution >= 4 is 50.6 Å². The Morgan fingerprint density at radius 1 is 0.643 bits per heavy atom. The molecule has 0 atom stereocenters. The van der Waals surface area contributed by atoms with Gasteiger partial charge in [-0.05, 0) is 81.9 Å². The van der Waals surface area contributed by atoms with Crippen molar-refractivity contribution in [3.05, 3.63) is 36.5 Å². The molecule has 0 spiro atoms. The molecule has 0 unspecified atom stereocenters. The maximum absolute atomic E-state index is 12.6. The Balaban J connectivity index is 1.97. The molecule has 0 aliphatic heterocycles. The van der Waals surface area contributed by atoms with Gasteiger partial charge in [0.15, 0.2) is 0 Å². The molecule has 0 N–H and O–H groups in total. The highest BCUT2D eigenvalue weighted by Crippen LogP contribution is 2.70. The number of rotatable bonds is 6. The summed E-state index contributed by atoms with van der Waals surface area (Å²) in [6, 6.07) is 0. The lowest BCUT2D eigenvalue weighted by Gasteiger charge is -2.65. The Labute approximate surface area is 180 Å². The minimum absolute atomic E-state index is 0.0275. The van der Waals surface area contributed by atoms with E-state index in [2.05, 4.69) is 19.7 Å². The summed E-state index contributed by atoms with van der Waals surface area (Å²) in [5.74, 6) is 0.428. The molecular weight excluding hydrogens is 408 g/mol. The standard InChI is InChI=1S/C22H28O3S3/c1-13(2)17(23)26-20-7-16-8-21(10-20,27-18(24)14(3)4)12-22(9-16,11-20)28-19(25)15(5)6/h16H,1,3,5,7-12H2,2,4,6H3. The van der Waals surface area contributed by atoms with Crippen molar-refractivity contribution in [2.45, 2.75) is 73.5 Å². The smallest absolute Gasteiger partial charge is 0.214 e. The van der Waals surface area contributed by atoms with Gasteiger partial charge in [-0.3, -0.25) is 14.4 Å². The van der Waals surface area contributed by atoms with Crippen LogP contribution in [0, 0.1) is 5.92 Å². The van der Waals surface area contributed by atoms with Gasteiger partial charge in [0, 0.05) is 14.2 Å². The summed E-state index contributed by atoms with van der Waals surface area (Å²) in [5, 5.41) is 0.0825. The van der Waals surface area contributed by atoms with Crippen LogP contribution in [0.2, 0.25) is 0 Å². The molecule has 0 saturated heterocycles. The SMILES string of the molecule is C=C(C)C(=O)SC12CC3CC(SC(=O)C(=C)C)(C1)CC(SC(=O)C(=C)C)(C3)C2. The molecule has 0 heterocycles. The minimum atomic E-state index is -0.222. The normalized spacial score (nSPS) is 35.5. The Morgan fingerprint density at radius 2 is 0.893 bits per heavy atom. The average Bonchev–Trinajstić information content (AvgIpc) is 2.51. The van der Waals surface area contributed by atoms with Crippen LogP contribution in [0.3, 0.4) is 0 Å². The van der Waals surface area contributed by atoms with Crippen molar-refractivity contribution in [3.63, 3.8) is 0 Å². The van der Waals surface area contributed by atoms with E-state index >= 15 is 0 Å². The second kappa shape index (κ2) is 7.51. The van der Waals surface area contributed by atoms with E-state index in [4.69, 9.17) is 0 Å². The molecule has 0 aromatic carbocycles. The van der Waals surface area contributed by atoms with E-state index in [-0.39, 0.29) is 29.6 Å². The third-order valence-corrected chi connectivity index (χ3v) is 10.2. The van der Waals surface area contributed by atoms with E-state index in [1.54, 1.807) is 20.8 Å². The van der Waals surface area contributed by atoms with Crippen molar-refractivity contribution < 1.29 is 14.4 Å². The van der Waals surface area contributed by atoms with Gasteiger partial charge >= 0.3 is 0 Å². The number of carbonyl (C=O) groups is 3. The zero-order valence-corrected chi connectivity index (χ0v) is 19.3. The molecule has 4 fully saturated rings. The van der Waals surface area contributed by atoms with Gasteiger partial charge in [-0.25, -0.2) is 0 Å². The molecule has 152 valence electrons. The van der Waals surface area contributed by atoms with Crippen LogP contribution in [0.5, 0.6) is 0 Å². The summed E-state index contributed by atoms with van der Waals surface area (Å²) in [6.07, 6.45) is 5.41. The van der Waals surface area contributed by atoms with Crippen LogP contribution < -0.4 is 0 Å². The number of hydrogen-bond donors (Lipinski definition) is 0. The third-order valence-electron chi connectivity index (χ3n) is 5.89. The Morgan fingerprint density at radius 3 is 1.11 bits per heavy atom. The molecule has 4 aliphatic carbocycles. The first-order chi connectivity index (χ1) is 12.9. The van der Waals surface area contributed by atoms with E-state index in [0.29, 0.717) is 22.6 Å². The van der Waals surface area contributed by atoms with Crippen molar-refractivity contribution in [2.24, 2.45) is 5.92 Å². The summed E-state index contributed by atoms with van der Waals surface area (Å²) in [6.45, 7) is 16.7. The largest absolute Gasteiger partial charge is 0.282 e. The van der Waals surface area contributed by atoms with Crippen LogP contribution in [0.4, 0.5) is 0 Å². The molecule has 0 amide bonds. The summed E-state index contributed by atoms with van der Waals surface area (Å²) < 4.78 is -0.666. The van der Waals surface area contributed by atoms with E-state index < -0.39 is 0 Å². The second-order valence-corrected chi connectivity index (χ2v) is 13.4. The van der Waals surface area contributed by atoms with Gasteiger partial charge in [-0.2, -0.15) is 0 Å². The fourth-order valence-electron chi connectivity index (χ4n) is 5.37. The van der Waals surface area contributed by atoms with Gasteiger partial charge in [0.05, 0.1) is 0 Å². The summed E-state index contributed by atoms with van der Waals surface area (Å²) in [5.41, 5.74) is 1.67. The third kappa shape index (κ3) is 4.24. The van der Waals surface area contributed by atoms with Gasteiger partial charge < -0.3 is 0 Å². The molecule has 4 aliphatic rings. The Kier molecular flexibility index (Phi) is 5.90. The second-order valence-electron chi connectivity index (χ2n) is 9.07. The summed E-state index contributed by atoms with van der Waals surface area (Å²) >= 11 is 4.20. The van der Waals surface area contributed by atoms with E-state index in [1.165, 1.54) is 35.3 Å². The molecule has 3 nitrogen and oxygen atoms in total. The maximum Gasteiger partial charge on any atom is 0.214 e. The summed E-state index contributed by atoms with van der Waals surface area (Å²) in [4.78, 5) is 37.8. The Hall–Kier alpha value is -0.720. The van der Waals surface area contributed by atoms with E-state index in [9.17, 15) is 14.4 Å². The van der Waals surface area contributed by atoms with Crippen molar-refractivity contribution in [1.29, 1.82) is 0 Å². The van der Waals surface area contributed by atoms with Gasteiger partial charge in [0.2, 0.25) is 15.3 Å². The highest BCUT2D eigenvalue weighted by atomic mass is 32.2. The summed E-state index contributed by atoms with van der Waals surface area (Å²) in [7, 11) is 0. The van der Waals surface area contributed by atoms with Crippen LogP contribution in [-0.4, -0.2) is 29.6 Å². The van der Waals surface area contributed by atoms with Gasteiger partial charge in [0.25, 0.3) is 0 Å². The van der Waals surface area contributed by atoms with Crippen LogP contribution in [-0.2, 0) is 14.4 Å². The quantitative estimate of drug-likeness (QED) is 0.497. The molecule has 0 aromatic heterocycles. The van der Waals surface area contributed by atoms with Crippen LogP contribution >= 0.6 is 35.3 Å². The van der Waals surface area contributed by atoms with Crippen molar-refractivity contribution in [3.8, 4) is 0 Å². The zero-order valence-electron chi connectivity index (χ0n) is 16.9. The topological polar surface area (TPSA) is 51.2 Å². The molecular formula is C22H28O3S3. The minimum Gasteiger partial charge on any atom is -0.282 e. The molecule has 28 heavy (non-hydrogen) atoms. The first kappa shape index (κ1) is 22.0. The number of carbonyl (C=O) groups excluding carboxylic acids is 3. The van der Waals surface area contributed by atoms with Gasteiger partial charge in [0.1, 0.15) is 0 Å². The number of hydrogen-bond acceptors (Lipinski definition) is 6. The van der Waals surface area contributed by atoms with Crippen molar-refractivity contribution in [1.82, 2.24) is 0 Å². The van der Waals surface area contributed by atoms with Crippen LogP contribution in [0.1, 0.15) is 59.3 Å². The average molecular weight is 437 g/mol. The van der Waals surface area contributed by atoms with E-state index in [0.717, 1.165) is 38.5 Å². The molecule has 4 bridgehead atoms. The Bertz CT molecular complexity index is 684. The maximum atomic E-state index is 12.6. The molecule has 6 heteroatoms. The molecule has 4 saturated carbocycles. The monoisotopic (exact) mass is 436 g/mol. The van der Waals surface area contributed by atoms with Gasteiger partial charge in [-0.15, -0.1) is 0 Å². The highest BCUT2D eigenvalue weighted by Gasteiger charge is 2.65. The first-order valence-corrected chi connectivity index (χ1v) is 12.0. The van der Waals surface area contributed by atoms with Crippen molar-refractivity contribution in [2.75, 3.05) is 0 Å². The predicted octanol–water partition coefficient (Wildman–Crippen LogP) is 5.71. The molecule has 4 rings (SSSR count). The fraction of sp³-hybridized carbons (Fsp3) is 0.591. The first-order valence-electron chi connectivity index (χ1n) is 9.55. The van der Waals surface area contributed by atoms with Crippen LogP contribution in [0.25, 0.3) is 0 Å². The molecule has 0 radical (unpaired) electrons. The predicted molar refractivity (Wildman–Crippen MR) is 122 cm³/mol. The zero-order chi connectivity index (χ0) is 20.9. The van der Waals surface area contributed by atoms with Gasteiger partial charge in [-0.1, -0.05) is 55.0 Å². The molecule has 0 aromatic rings. The van der Waals surface area contributed by atoms with E-state index in [1.807, 2.05) is 0 Å². The lowest BCUT2D eigenvalue weighted by Crippen LogP contribution is -2.63. The lowest BCUT2D eigenvalue weighted by molar-refractivity contribution is -0.108. The highest BCUT2D eigenvalue weighted by molar-refractivity contribution is 8.17. The van der Waals surface area contributed by atoms with Crippen LogP contribution in [0.15, 0.2) is 36.5 Å².